The van der Waals surface area contributed by atoms with E-state index in [9.17, 15) is 14.5 Å². The van der Waals surface area contributed by atoms with Gasteiger partial charge in [-0.05, 0) is 13.0 Å². The fourth-order valence-corrected chi connectivity index (χ4v) is 2.97. The maximum Gasteiger partial charge on any atom is 1.00 e. The van der Waals surface area contributed by atoms with Crippen molar-refractivity contribution in [2.24, 2.45) is 0 Å². The summed E-state index contributed by atoms with van der Waals surface area (Å²) in [5.74, 6) is -0.615. The van der Waals surface area contributed by atoms with Crippen LogP contribution in [-0.4, -0.2) is 30.1 Å². The molecule has 0 bridgehead atoms. The normalized spacial score (nSPS) is 15.7. The molecule has 1 aliphatic heterocycles. The minimum atomic E-state index is -4.67. The third-order valence-electron chi connectivity index (χ3n) is 2.66. The summed E-state index contributed by atoms with van der Waals surface area (Å²) < 4.78 is 15.5. The minimum Gasteiger partial charge on any atom is -1.00 e. The number of aromatic hydroxyl groups is 1. The Bertz CT molecular complexity index is 741. The quantitative estimate of drug-likeness (QED) is 0.164. The summed E-state index contributed by atoms with van der Waals surface area (Å²) >= 11 is 5.89. The number of carbonyl (C=O) groups is 1. The van der Waals surface area contributed by atoms with Crippen LogP contribution in [0.1, 0.15) is 16.8 Å². The minimum absolute atomic E-state index is 0. The molecule has 1 aromatic rings. The number of thioether (sulfide) groups is 1. The number of aryl methyl sites for hydroxylation is 1. The van der Waals surface area contributed by atoms with Crippen molar-refractivity contribution < 1.29 is 70.7 Å². The van der Waals surface area contributed by atoms with Crippen molar-refractivity contribution in [2.75, 3.05) is 0 Å². The number of pyridine rings is 1. The van der Waals surface area contributed by atoms with Crippen LogP contribution in [0.3, 0.4) is 0 Å². The Balaban J connectivity index is 0.00000264. The molecule has 1 amide bonds. The van der Waals surface area contributed by atoms with Crippen molar-refractivity contribution in [3.8, 4) is 5.75 Å². The van der Waals surface area contributed by atoms with E-state index >= 15 is 0 Å². The number of halogens is 1. The molecular weight excluding hydrogens is 410 g/mol. The van der Waals surface area contributed by atoms with Crippen molar-refractivity contribution in [2.45, 2.75) is 13.5 Å². The number of hydrogen-bond donors (Lipinski definition) is 4. The molecule has 1 aliphatic rings. The number of rotatable bonds is 4. The Kier molecular flexibility index (Phi) is 9.63. The predicted molar refractivity (Wildman–Crippen MR) is 83.8 cm³/mol. The van der Waals surface area contributed by atoms with Crippen LogP contribution in [0.25, 0.3) is 6.08 Å². The number of phosphoric ester groups is 1. The molecule has 0 unspecified atom stereocenters. The van der Waals surface area contributed by atoms with Crippen LogP contribution in [0.4, 0.5) is 0 Å². The number of phosphoric acid groups is 1. The van der Waals surface area contributed by atoms with Gasteiger partial charge in [-0.15, -0.1) is 0 Å². The van der Waals surface area contributed by atoms with E-state index in [-0.39, 0.29) is 68.1 Å². The van der Waals surface area contributed by atoms with Gasteiger partial charge in [0.25, 0.3) is 5.91 Å². The summed E-state index contributed by atoms with van der Waals surface area (Å²) in [6.07, 6.45) is 2.69. The summed E-state index contributed by atoms with van der Waals surface area (Å²) in [5, 5.41) is 12.5. The summed E-state index contributed by atoms with van der Waals surface area (Å²) in [6, 6.07) is 0. The van der Waals surface area contributed by atoms with E-state index in [4.69, 9.17) is 22.0 Å². The van der Waals surface area contributed by atoms with Crippen molar-refractivity contribution in [1.29, 1.82) is 0 Å². The fraction of sp³-hybridized carbons (Fsp3) is 0.182. The van der Waals surface area contributed by atoms with E-state index < -0.39 is 20.3 Å². The molecule has 0 radical (unpaired) electrons. The summed E-state index contributed by atoms with van der Waals surface area (Å²) in [7, 11) is -4.67. The molecule has 2 rings (SSSR count). The molecule has 2 heterocycles. The maximum atomic E-state index is 11.7. The van der Waals surface area contributed by atoms with Gasteiger partial charge in [-0.25, -0.2) is 4.57 Å². The maximum absolute atomic E-state index is 11.7. The standard InChI is InChI=1S/C11H11N2O6PS2.ClH.Na/c1-5-9(14)7(2-8-10(15)13-11(21)22-8)6(3-12-5)4-19-20(16,17)18;;/h2-3,14H,4H2,1H3,(H,13,15,21)(H2,16,17,18);1H;/q;;+1/p-1/b8-2-;;. The van der Waals surface area contributed by atoms with Crippen LogP contribution in [0.15, 0.2) is 11.1 Å². The number of carbonyl (C=O) groups excluding carboxylic acids is 1. The van der Waals surface area contributed by atoms with Gasteiger partial charge >= 0.3 is 37.4 Å². The second-order valence-corrected chi connectivity index (χ2v) is 7.21. The molecule has 0 spiro atoms. The van der Waals surface area contributed by atoms with Gasteiger partial charge in [0.1, 0.15) is 10.1 Å². The molecule has 0 aliphatic carbocycles. The van der Waals surface area contributed by atoms with Crippen LogP contribution in [0, 0.1) is 6.92 Å². The Morgan fingerprint density at radius 1 is 1.50 bits per heavy atom. The van der Waals surface area contributed by atoms with E-state index in [0.717, 1.165) is 11.8 Å². The molecular formula is C11H11ClN2NaO6PS2. The molecule has 0 aromatic carbocycles. The third-order valence-corrected chi connectivity index (χ3v) is 4.29. The Hall–Kier alpha value is -0.000000000000000222. The van der Waals surface area contributed by atoms with Gasteiger partial charge in [-0.1, -0.05) is 24.0 Å². The van der Waals surface area contributed by atoms with E-state index in [1.165, 1.54) is 12.3 Å². The van der Waals surface area contributed by atoms with Crippen molar-refractivity contribution in [3.05, 3.63) is 27.9 Å². The van der Waals surface area contributed by atoms with E-state index in [2.05, 4.69) is 14.8 Å². The average Bonchev–Trinajstić information content (AvgIpc) is 2.71. The summed E-state index contributed by atoms with van der Waals surface area (Å²) in [5.41, 5.74) is 0.728. The molecule has 1 saturated heterocycles. The Morgan fingerprint density at radius 2 is 2.12 bits per heavy atom. The number of thiocarbonyl (C=S) groups is 1. The zero-order valence-corrected chi connectivity index (χ0v) is 17.8. The Labute approximate surface area is 175 Å². The molecule has 8 nitrogen and oxygen atoms in total. The molecule has 1 aromatic heterocycles. The van der Waals surface area contributed by atoms with E-state index in [1.54, 1.807) is 6.92 Å². The van der Waals surface area contributed by atoms with Crippen LogP contribution >= 0.6 is 31.8 Å². The SMILES string of the molecule is Cc1ncc(COP(=O)(O)O)c(/C=C2\SC(=S)NC2=O)c1O.[Cl-].[Na+]. The topological polar surface area (TPSA) is 129 Å². The number of nitrogens with one attached hydrogen (secondary N) is 1. The van der Waals surface area contributed by atoms with Gasteiger partial charge in [0.2, 0.25) is 0 Å². The molecule has 0 atom stereocenters. The monoisotopic (exact) mass is 420 g/mol. The molecule has 24 heavy (non-hydrogen) atoms. The third kappa shape index (κ3) is 6.38. The molecule has 13 heteroatoms. The first-order chi connectivity index (χ1) is 10.2. The van der Waals surface area contributed by atoms with Gasteiger partial charge < -0.3 is 32.6 Å². The first-order valence-corrected chi connectivity index (χ1v) is 8.55. The van der Waals surface area contributed by atoms with Crippen LogP contribution in [0.5, 0.6) is 5.75 Å². The predicted octanol–water partition coefficient (Wildman–Crippen LogP) is -4.80. The molecule has 126 valence electrons. The molecule has 1 fully saturated rings. The van der Waals surface area contributed by atoms with E-state index in [1.807, 2.05) is 0 Å². The van der Waals surface area contributed by atoms with Crippen LogP contribution < -0.4 is 47.3 Å². The molecule has 4 N–H and O–H groups in total. The fourth-order valence-electron chi connectivity index (χ4n) is 1.63. The summed E-state index contributed by atoms with van der Waals surface area (Å²) in [6.45, 7) is 1.08. The largest absolute Gasteiger partial charge is 1.00 e. The first kappa shape index (κ1) is 24.0. The van der Waals surface area contributed by atoms with Crippen LogP contribution in [-0.2, 0) is 20.5 Å². The Morgan fingerprint density at radius 3 is 2.62 bits per heavy atom. The van der Waals surface area contributed by atoms with Gasteiger partial charge in [0.05, 0.1) is 17.2 Å². The number of aromatic nitrogens is 1. The van der Waals surface area contributed by atoms with Crippen molar-refractivity contribution in [3.63, 3.8) is 0 Å². The number of hydrogen-bond acceptors (Lipinski definition) is 7. The van der Waals surface area contributed by atoms with E-state index in [0.29, 0.717) is 5.69 Å². The summed E-state index contributed by atoms with van der Waals surface area (Å²) in [4.78, 5) is 33.3. The van der Waals surface area contributed by atoms with Gasteiger partial charge in [-0.3, -0.25) is 14.3 Å². The second-order valence-electron chi connectivity index (χ2n) is 4.25. The second kappa shape index (κ2) is 9.63. The number of amides is 1. The smallest absolute Gasteiger partial charge is 1.00 e. The van der Waals surface area contributed by atoms with Gasteiger partial charge in [0, 0.05) is 17.3 Å². The van der Waals surface area contributed by atoms with Crippen molar-refractivity contribution >= 4 is 48.1 Å². The number of nitrogens with zero attached hydrogens (tertiary/aromatic N) is 1. The van der Waals surface area contributed by atoms with Gasteiger partial charge in [0.15, 0.2) is 0 Å². The zero-order chi connectivity index (χ0) is 16.5. The van der Waals surface area contributed by atoms with Crippen molar-refractivity contribution in [1.82, 2.24) is 10.3 Å². The molecule has 0 saturated carbocycles. The zero-order valence-electron chi connectivity index (χ0n) is 12.5. The van der Waals surface area contributed by atoms with Crippen LogP contribution in [0.2, 0.25) is 0 Å². The first-order valence-electron chi connectivity index (χ1n) is 5.80. The average molecular weight is 421 g/mol. The van der Waals surface area contributed by atoms with Gasteiger partial charge in [-0.2, -0.15) is 0 Å².